The SMILES string of the molecule is [N-]=[N+]=NC[C@@H](OCc1ccccc1)[C@@H](OCc1ccccc1)[C@H](OCc1ccccc1)[C@@H]1O[C@H]1CCCCl. The molecule has 200 valence electrons. The van der Waals surface area contributed by atoms with E-state index in [1.165, 1.54) is 0 Å². The fraction of sp³-hybridized carbons (Fsp3) is 0.400. The first kappa shape index (κ1) is 28.1. The zero-order valence-electron chi connectivity index (χ0n) is 21.3. The van der Waals surface area contributed by atoms with Gasteiger partial charge in [0.2, 0.25) is 0 Å². The summed E-state index contributed by atoms with van der Waals surface area (Å²) in [5.41, 5.74) is 12.2. The molecular weight excluding hydrogens is 502 g/mol. The Hall–Kier alpha value is -2.90. The number of ether oxygens (including phenoxy) is 4. The van der Waals surface area contributed by atoms with Crippen LogP contribution >= 0.6 is 11.6 Å². The van der Waals surface area contributed by atoms with E-state index in [0.717, 1.165) is 29.5 Å². The average Bonchev–Trinajstić information content (AvgIpc) is 3.75. The van der Waals surface area contributed by atoms with Gasteiger partial charge in [-0.1, -0.05) is 96.1 Å². The normalized spacial score (nSPS) is 18.8. The third-order valence-electron chi connectivity index (χ3n) is 6.46. The Kier molecular flexibility index (Phi) is 11.5. The van der Waals surface area contributed by atoms with E-state index in [0.29, 0.717) is 25.7 Å². The summed E-state index contributed by atoms with van der Waals surface area (Å²) in [5.74, 6) is 0.579. The fourth-order valence-corrected chi connectivity index (χ4v) is 4.58. The van der Waals surface area contributed by atoms with Crippen molar-refractivity contribution in [1.29, 1.82) is 0 Å². The molecule has 1 aliphatic rings. The van der Waals surface area contributed by atoms with Crippen molar-refractivity contribution in [3.8, 4) is 0 Å². The van der Waals surface area contributed by atoms with Gasteiger partial charge < -0.3 is 18.9 Å². The molecule has 0 aliphatic carbocycles. The van der Waals surface area contributed by atoms with Gasteiger partial charge in [0.05, 0.1) is 38.6 Å². The van der Waals surface area contributed by atoms with E-state index in [4.69, 9.17) is 36.1 Å². The smallest absolute Gasteiger partial charge is 0.115 e. The maximum Gasteiger partial charge on any atom is 0.115 e. The van der Waals surface area contributed by atoms with E-state index < -0.39 is 18.3 Å². The summed E-state index contributed by atoms with van der Waals surface area (Å²) in [6.45, 7) is 1.21. The molecule has 0 N–H and O–H groups in total. The fourth-order valence-electron chi connectivity index (χ4n) is 4.43. The number of halogens is 1. The predicted molar refractivity (Wildman–Crippen MR) is 148 cm³/mol. The van der Waals surface area contributed by atoms with E-state index in [1.54, 1.807) is 0 Å². The van der Waals surface area contributed by atoms with Gasteiger partial charge >= 0.3 is 0 Å². The minimum absolute atomic E-state index is 0.0339. The monoisotopic (exact) mass is 535 g/mol. The second-order valence-corrected chi connectivity index (χ2v) is 9.62. The van der Waals surface area contributed by atoms with Crippen LogP contribution in [0.4, 0.5) is 0 Å². The molecule has 1 saturated heterocycles. The highest BCUT2D eigenvalue weighted by Crippen LogP contribution is 2.35. The maximum absolute atomic E-state index is 9.13. The number of azide groups is 1. The van der Waals surface area contributed by atoms with Crippen molar-refractivity contribution in [1.82, 2.24) is 0 Å². The number of nitrogens with zero attached hydrogens (tertiary/aromatic N) is 3. The second kappa shape index (κ2) is 15.5. The van der Waals surface area contributed by atoms with Crippen molar-refractivity contribution < 1.29 is 18.9 Å². The number of rotatable bonds is 17. The highest BCUT2D eigenvalue weighted by molar-refractivity contribution is 6.17. The molecular formula is C30H34ClN3O4. The Bertz CT molecular complexity index is 1120. The minimum Gasteiger partial charge on any atom is -0.371 e. The number of hydrogen-bond donors (Lipinski definition) is 0. The number of epoxide rings is 1. The lowest BCUT2D eigenvalue weighted by molar-refractivity contribution is -0.154. The molecule has 0 amide bonds. The summed E-state index contributed by atoms with van der Waals surface area (Å²) in [5, 5.41) is 3.87. The molecule has 0 spiro atoms. The highest BCUT2D eigenvalue weighted by atomic mass is 35.5. The van der Waals surface area contributed by atoms with E-state index in [1.807, 2.05) is 91.0 Å². The van der Waals surface area contributed by atoms with Crippen molar-refractivity contribution >= 4 is 11.6 Å². The van der Waals surface area contributed by atoms with Crippen LogP contribution in [-0.4, -0.2) is 42.9 Å². The summed E-state index contributed by atoms with van der Waals surface area (Å²) < 4.78 is 25.5. The van der Waals surface area contributed by atoms with E-state index >= 15 is 0 Å². The molecule has 0 radical (unpaired) electrons. The molecule has 5 atom stereocenters. The van der Waals surface area contributed by atoms with Crippen LogP contribution in [0, 0.1) is 0 Å². The third kappa shape index (κ3) is 8.84. The molecule has 0 bridgehead atoms. The van der Waals surface area contributed by atoms with Gasteiger partial charge in [-0.2, -0.15) is 0 Å². The zero-order chi connectivity index (χ0) is 26.4. The summed E-state index contributed by atoms with van der Waals surface area (Å²) >= 11 is 5.95. The summed E-state index contributed by atoms with van der Waals surface area (Å²) in [4.78, 5) is 3.00. The average molecular weight is 536 g/mol. The lowest BCUT2D eigenvalue weighted by atomic mass is 10.0. The quantitative estimate of drug-likeness (QED) is 0.0622. The van der Waals surface area contributed by atoms with Gasteiger partial charge in [-0.05, 0) is 35.1 Å². The molecule has 7 nitrogen and oxygen atoms in total. The Morgan fingerprint density at radius 3 is 1.84 bits per heavy atom. The van der Waals surface area contributed by atoms with Crippen LogP contribution < -0.4 is 0 Å². The molecule has 1 heterocycles. The first-order valence-electron chi connectivity index (χ1n) is 13.0. The van der Waals surface area contributed by atoms with Crippen LogP contribution in [0.1, 0.15) is 29.5 Å². The van der Waals surface area contributed by atoms with Gasteiger partial charge in [0.15, 0.2) is 0 Å². The first-order valence-corrected chi connectivity index (χ1v) is 13.5. The molecule has 8 heteroatoms. The molecule has 3 aromatic rings. The Morgan fingerprint density at radius 1 is 0.789 bits per heavy atom. The largest absolute Gasteiger partial charge is 0.371 e. The predicted octanol–water partition coefficient (Wildman–Crippen LogP) is 6.84. The van der Waals surface area contributed by atoms with E-state index in [2.05, 4.69) is 10.0 Å². The van der Waals surface area contributed by atoms with Crippen molar-refractivity contribution in [2.45, 2.75) is 63.2 Å². The first-order chi connectivity index (χ1) is 18.8. The van der Waals surface area contributed by atoms with Gasteiger partial charge in [0.25, 0.3) is 0 Å². The van der Waals surface area contributed by atoms with Crippen molar-refractivity contribution in [3.05, 3.63) is 118 Å². The minimum atomic E-state index is -0.548. The molecule has 0 saturated carbocycles. The van der Waals surface area contributed by atoms with Crippen molar-refractivity contribution in [2.75, 3.05) is 12.4 Å². The Morgan fingerprint density at radius 2 is 1.32 bits per heavy atom. The number of hydrogen-bond acceptors (Lipinski definition) is 5. The third-order valence-corrected chi connectivity index (χ3v) is 6.73. The summed E-state index contributed by atoms with van der Waals surface area (Å²) in [7, 11) is 0. The molecule has 1 aliphatic heterocycles. The zero-order valence-corrected chi connectivity index (χ0v) is 22.1. The second-order valence-electron chi connectivity index (χ2n) is 9.24. The van der Waals surface area contributed by atoms with Crippen LogP contribution in [0.15, 0.2) is 96.1 Å². The molecule has 1 fully saturated rings. The van der Waals surface area contributed by atoms with Crippen LogP contribution in [0.2, 0.25) is 0 Å². The molecule has 38 heavy (non-hydrogen) atoms. The molecule has 4 rings (SSSR count). The van der Waals surface area contributed by atoms with Crippen LogP contribution in [0.5, 0.6) is 0 Å². The van der Waals surface area contributed by atoms with Crippen LogP contribution in [0.3, 0.4) is 0 Å². The van der Waals surface area contributed by atoms with Gasteiger partial charge in [-0.25, -0.2) is 0 Å². The summed E-state index contributed by atoms with van der Waals surface area (Å²) in [6.07, 6.45) is 0.0391. The number of alkyl halides is 1. The number of benzene rings is 3. The van der Waals surface area contributed by atoms with Gasteiger partial charge in [0.1, 0.15) is 18.3 Å². The maximum atomic E-state index is 9.13. The van der Waals surface area contributed by atoms with Gasteiger partial charge in [0, 0.05) is 10.8 Å². The lowest BCUT2D eigenvalue weighted by Crippen LogP contribution is -2.47. The van der Waals surface area contributed by atoms with Crippen molar-refractivity contribution in [3.63, 3.8) is 0 Å². The topological polar surface area (TPSA) is 89.0 Å². The summed E-state index contributed by atoms with van der Waals surface area (Å²) in [6, 6.07) is 29.9. The van der Waals surface area contributed by atoms with Crippen molar-refractivity contribution in [2.24, 2.45) is 5.11 Å². The van der Waals surface area contributed by atoms with Gasteiger partial charge in [-0.3, -0.25) is 0 Å². The van der Waals surface area contributed by atoms with Gasteiger partial charge in [-0.15, -0.1) is 11.6 Å². The van der Waals surface area contributed by atoms with Crippen LogP contribution in [0.25, 0.3) is 10.4 Å². The highest BCUT2D eigenvalue weighted by Gasteiger charge is 2.50. The Balaban J connectivity index is 1.58. The lowest BCUT2D eigenvalue weighted by Gasteiger charge is -2.33. The molecule has 0 unspecified atom stereocenters. The van der Waals surface area contributed by atoms with E-state index in [9.17, 15) is 0 Å². The van der Waals surface area contributed by atoms with E-state index in [-0.39, 0.29) is 18.8 Å². The molecule has 3 aromatic carbocycles. The van der Waals surface area contributed by atoms with Crippen LogP contribution in [-0.2, 0) is 38.8 Å². The Labute approximate surface area is 229 Å². The standard InChI is InChI=1S/C30H34ClN3O4/c31-18-10-17-26-29(38-26)30(37-22-25-15-8-3-9-16-25)28(36-21-24-13-6-2-7-14-24)27(19-33-34-32)35-20-23-11-4-1-5-12-23/h1-9,11-16,26-30H,10,17-22H2/t26-,27+,28+,29+,30-/m0/s1. The molecule has 0 aromatic heterocycles.